The Labute approximate surface area is 208 Å². The van der Waals surface area contributed by atoms with E-state index >= 15 is 0 Å². The lowest BCUT2D eigenvalue weighted by molar-refractivity contribution is -0.00204. The maximum Gasteiger partial charge on any atom is 0.514 e. The van der Waals surface area contributed by atoms with Crippen LogP contribution < -0.4 is 5.59 Å². The highest BCUT2D eigenvalue weighted by Crippen LogP contribution is 2.38. The predicted octanol–water partition coefficient (Wildman–Crippen LogP) is 2.98. The lowest BCUT2D eigenvalue weighted by atomic mass is 9.82. The van der Waals surface area contributed by atoms with Crippen molar-refractivity contribution in [3.63, 3.8) is 0 Å². The third-order valence-corrected chi connectivity index (χ3v) is 8.00. The Morgan fingerprint density at radius 1 is 1.18 bits per heavy atom. The van der Waals surface area contributed by atoms with Crippen LogP contribution in [0.2, 0.25) is 5.15 Å². The molecular weight excluding hydrogens is 481 g/mol. The van der Waals surface area contributed by atoms with Gasteiger partial charge in [-0.3, -0.25) is 0 Å². The number of hydrogen-bond donors (Lipinski definition) is 0. The number of halogens is 1. The highest BCUT2D eigenvalue weighted by Gasteiger charge is 2.53. The Kier molecular flexibility index (Phi) is 7.14. The highest BCUT2D eigenvalue weighted by atomic mass is 35.5. The highest BCUT2D eigenvalue weighted by molar-refractivity contribution is 7.88. The molecule has 0 spiro atoms. The van der Waals surface area contributed by atoms with Crippen molar-refractivity contribution >= 4 is 40.4 Å². The van der Waals surface area contributed by atoms with Crippen molar-refractivity contribution in [3.8, 4) is 0 Å². The first-order valence-electron chi connectivity index (χ1n) is 11.3. The van der Waals surface area contributed by atoms with E-state index < -0.39 is 52.1 Å². The topological polar surface area (TPSA) is 98.3 Å². The SMILES string of the molecule is CC1C(c2cc(Cl)nc(B3OC(C)(C)C(C)(C)O3)c2)N(S(C)(=O)=O)CCN1C(=O)OC(C)(C)C. The fraction of sp³-hybridized carbons (Fsp3) is 0.727. The second-order valence-electron chi connectivity index (χ2n) is 11.0. The summed E-state index contributed by atoms with van der Waals surface area (Å²) in [6.45, 7) is 15.3. The smallest absolute Gasteiger partial charge is 0.444 e. The van der Waals surface area contributed by atoms with Gasteiger partial charge in [0.2, 0.25) is 10.0 Å². The number of aromatic nitrogens is 1. The van der Waals surface area contributed by atoms with Crippen LogP contribution in [0, 0.1) is 0 Å². The zero-order valence-electron chi connectivity index (χ0n) is 21.4. The van der Waals surface area contributed by atoms with Crippen LogP contribution in [0.25, 0.3) is 0 Å². The minimum absolute atomic E-state index is 0.124. The summed E-state index contributed by atoms with van der Waals surface area (Å²) in [6.07, 6.45) is 0.665. The van der Waals surface area contributed by atoms with Crippen molar-refractivity contribution < 1.29 is 27.3 Å². The summed E-state index contributed by atoms with van der Waals surface area (Å²) in [5, 5.41) is 0.178. The van der Waals surface area contributed by atoms with Gasteiger partial charge in [-0.05, 0) is 73.1 Å². The van der Waals surface area contributed by atoms with Crippen LogP contribution >= 0.6 is 11.6 Å². The maximum absolute atomic E-state index is 12.9. The van der Waals surface area contributed by atoms with Crippen LogP contribution in [0.1, 0.15) is 67.0 Å². The summed E-state index contributed by atoms with van der Waals surface area (Å²) < 4.78 is 44.6. The number of nitrogens with zero attached hydrogens (tertiary/aromatic N) is 3. The molecule has 1 aromatic rings. The molecule has 2 saturated heterocycles. The lowest BCUT2D eigenvalue weighted by Crippen LogP contribution is -2.57. The van der Waals surface area contributed by atoms with Crippen molar-refractivity contribution in [2.24, 2.45) is 0 Å². The van der Waals surface area contributed by atoms with E-state index in [1.165, 1.54) is 4.31 Å². The van der Waals surface area contributed by atoms with Gasteiger partial charge < -0.3 is 18.9 Å². The van der Waals surface area contributed by atoms with Gasteiger partial charge in [0.15, 0.2) is 0 Å². The molecular formula is C22H35BClN3O6S. The van der Waals surface area contributed by atoms with Crippen LogP contribution in [0.3, 0.4) is 0 Å². The second-order valence-corrected chi connectivity index (χ2v) is 13.3. The van der Waals surface area contributed by atoms with Crippen LogP contribution in [-0.4, -0.2) is 78.0 Å². The van der Waals surface area contributed by atoms with E-state index in [1.54, 1.807) is 44.7 Å². The molecule has 0 radical (unpaired) electrons. The minimum atomic E-state index is -3.59. The molecule has 2 aliphatic heterocycles. The monoisotopic (exact) mass is 515 g/mol. The van der Waals surface area contributed by atoms with Gasteiger partial charge in [0.1, 0.15) is 10.8 Å². The van der Waals surface area contributed by atoms with Crippen molar-refractivity contribution in [2.75, 3.05) is 19.3 Å². The molecule has 0 aromatic carbocycles. The standard InChI is InChI=1S/C22H35BClN3O6S/c1-14-18(27(34(9,29)30)11-10-26(14)19(28)31-20(2,3)4)15-12-16(25-17(24)13-15)23-32-21(5,6)22(7,8)33-23/h12-14,18H,10-11H2,1-9H3. The van der Waals surface area contributed by atoms with Gasteiger partial charge in [-0.1, -0.05) is 11.6 Å². The molecule has 9 nitrogen and oxygen atoms in total. The van der Waals surface area contributed by atoms with Crippen LogP contribution in [0.4, 0.5) is 4.79 Å². The summed E-state index contributed by atoms with van der Waals surface area (Å²) >= 11 is 6.39. The number of ether oxygens (including phenoxy) is 1. The average Bonchev–Trinajstić information content (AvgIpc) is 2.86. The molecule has 2 atom stereocenters. The number of carbonyl (C=O) groups excluding carboxylic acids is 1. The van der Waals surface area contributed by atoms with Gasteiger partial charge in [-0.25, -0.2) is 18.2 Å². The molecule has 1 amide bonds. The fourth-order valence-electron chi connectivity index (χ4n) is 4.15. The van der Waals surface area contributed by atoms with E-state index in [2.05, 4.69) is 4.98 Å². The largest absolute Gasteiger partial charge is 0.514 e. The third kappa shape index (κ3) is 5.54. The molecule has 0 aliphatic carbocycles. The van der Waals surface area contributed by atoms with Crippen molar-refractivity contribution in [1.29, 1.82) is 0 Å². The molecule has 34 heavy (non-hydrogen) atoms. The maximum atomic E-state index is 12.9. The summed E-state index contributed by atoms with van der Waals surface area (Å²) in [4.78, 5) is 18.9. The van der Waals surface area contributed by atoms with Crippen molar-refractivity contribution in [3.05, 3.63) is 22.8 Å². The molecule has 190 valence electrons. The van der Waals surface area contributed by atoms with E-state index in [1.807, 2.05) is 27.7 Å². The summed E-state index contributed by atoms with van der Waals surface area (Å²) in [6, 6.07) is 2.14. The molecule has 0 N–H and O–H groups in total. The van der Waals surface area contributed by atoms with E-state index in [-0.39, 0.29) is 18.2 Å². The Bertz CT molecular complexity index is 1040. The second kappa shape index (κ2) is 8.92. The van der Waals surface area contributed by atoms with Gasteiger partial charge in [0.05, 0.1) is 35.1 Å². The minimum Gasteiger partial charge on any atom is -0.444 e. The number of piperazine rings is 1. The van der Waals surface area contributed by atoms with Gasteiger partial charge >= 0.3 is 13.2 Å². The zero-order chi connectivity index (χ0) is 25.9. The Morgan fingerprint density at radius 2 is 1.74 bits per heavy atom. The van der Waals surface area contributed by atoms with Gasteiger partial charge in [-0.2, -0.15) is 4.31 Å². The Morgan fingerprint density at radius 3 is 2.24 bits per heavy atom. The fourth-order valence-corrected chi connectivity index (χ4v) is 5.50. The summed E-state index contributed by atoms with van der Waals surface area (Å²) in [5.74, 6) is 0. The number of hydrogen-bond acceptors (Lipinski definition) is 7. The molecule has 0 bridgehead atoms. The van der Waals surface area contributed by atoms with Gasteiger partial charge in [-0.15, -0.1) is 0 Å². The van der Waals surface area contributed by atoms with Gasteiger partial charge in [0, 0.05) is 13.1 Å². The molecule has 12 heteroatoms. The molecule has 3 heterocycles. The quantitative estimate of drug-likeness (QED) is 0.451. The normalized spacial score (nSPS) is 25.5. The van der Waals surface area contributed by atoms with E-state index in [4.69, 9.17) is 25.6 Å². The van der Waals surface area contributed by atoms with Crippen LogP contribution in [0.15, 0.2) is 12.1 Å². The zero-order valence-corrected chi connectivity index (χ0v) is 23.0. The van der Waals surface area contributed by atoms with Crippen LogP contribution in [0.5, 0.6) is 0 Å². The van der Waals surface area contributed by atoms with Gasteiger partial charge in [0.25, 0.3) is 0 Å². The number of carbonyl (C=O) groups is 1. The molecule has 2 aliphatic rings. The van der Waals surface area contributed by atoms with Crippen molar-refractivity contribution in [2.45, 2.75) is 84.3 Å². The molecule has 2 unspecified atom stereocenters. The third-order valence-electron chi connectivity index (χ3n) is 6.55. The van der Waals surface area contributed by atoms with Crippen molar-refractivity contribution in [1.82, 2.24) is 14.2 Å². The number of pyridine rings is 1. The number of amides is 1. The number of sulfonamides is 1. The Balaban J connectivity index is 2.02. The molecule has 3 rings (SSSR count). The number of rotatable bonds is 3. The lowest BCUT2D eigenvalue weighted by Gasteiger charge is -2.45. The Hall–Kier alpha value is -1.40. The summed E-state index contributed by atoms with van der Waals surface area (Å²) in [7, 11) is -4.36. The van der Waals surface area contributed by atoms with E-state index in [0.29, 0.717) is 11.2 Å². The average molecular weight is 516 g/mol. The summed E-state index contributed by atoms with van der Waals surface area (Å²) in [5.41, 5.74) is -0.796. The first-order chi connectivity index (χ1) is 15.3. The van der Waals surface area contributed by atoms with Crippen LogP contribution in [-0.2, 0) is 24.1 Å². The first kappa shape index (κ1) is 27.2. The van der Waals surface area contributed by atoms with E-state index in [0.717, 1.165) is 6.26 Å². The predicted molar refractivity (Wildman–Crippen MR) is 132 cm³/mol. The first-order valence-corrected chi connectivity index (χ1v) is 13.5. The van der Waals surface area contributed by atoms with E-state index in [9.17, 15) is 13.2 Å². The molecule has 1 aromatic heterocycles. The molecule has 2 fully saturated rings. The molecule has 0 saturated carbocycles.